The Hall–Kier alpha value is -1.95. The first-order valence-corrected chi connectivity index (χ1v) is 10.4. The number of nitrogens with one attached hydrogen (secondary N) is 1. The maximum Gasteiger partial charge on any atom is 0.189 e. The zero-order chi connectivity index (χ0) is 20.9. The minimum atomic E-state index is -0.0992. The molecule has 1 atom stereocenters. The number of aliphatic imine (C=N–C) groups is 1. The molecule has 3 N–H and O–H groups in total. The molecule has 29 heavy (non-hydrogen) atoms. The van der Waals surface area contributed by atoms with Gasteiger partial charge in [0.1, 0.15) is 5.75 Å². The summed E-state index contributed by atoms with van der Waals surface area (Å²) in [6.45, 7) is 4.01. The van der Waals surface area contributed by atoms with Crippen LogP contribution in [0.3, 0.4) is 0 Å². The van der Waals surface area contributed by atoms with Crippen LogP contribution in [0.25, 0.3) is 0 Å². The van der Waals surface area contributed by atoms with Crippen LogP contribution in [0.1, 0.15) is 36.9 Å². The number of hydrogen-bond donors (Lipinski definition) is 2. The van der Waals surface area contributed by atoms with Crippen LogP contribution in [0, 0.1) is 0 Å². The Labute approximate surface area is 182 Å². The Morgan fingerprint density at radius 3 is 2.52 bits per heavy atom. The largest absolute Gasteiger partial charge is 0.497 e. The van der Waals surface area contributed by atoms with Crippen LogP contribution >= 0.6 is 23.2 Å². The molecule has 0 spiro atoms. The Kier molecular flexibility index (Phi) is 7.28. The normalized spacial score (nSPS) is 17.6. The Bertz CT molecular complexity index is 850. The number of ether oxygens (including phenoxy) is 2. The van der Waals surface area contributed by atoms with Gasteiger partial charge in [-0.15, -0.1) is 0 Å². The fourth-order valence-electron chi connectivity index (χ4n) is 3.68. The van der Waals surface area contributed by atoms with Crippen molar-refractivity contribution >= 4 is 29.2 Å². The van der Waals surface area contributed by atoms with Crippen LogP contribution in [-0.2, 0) is 10.2 Å². The van der Waals surface area contributed by atoms with Crippen LogP contribution in [0.4, 0.5) is 0 Å². The molecule has 1 saturated heterocycles. The Morgan fingerprint density at radius 2 is 1.90 bits per heavy atom. The molecule has 2 aromatic carbocycles. The molecule has 0 amide bonds. The highest BCUT2D eigenvalue weighted by Crippen LogP contribution is 2.36. The number of benzene rings is 2. The third-order valence-electron chi connectivity index (χ3n) is 5.50. The van der Waals surface area contributed by atoms with Crippen molar-refractivity contribution in [2.45, 2.75) is 31.2 Å². The molecule has 0 aromatic heterocycles. The number of hydrogen-bond acceptors (Lipinski definition) is 3. The van der Waals surface area contributed by atoms with Gasteiger partial charge in [-0.1, -0.05) is 41.4 Å². The predicted molar refractivity (Wildman–Crippen MR) is 119 cm³/mol. The monoisotopic (exact) mass is 435 g/mol. The molecule has 1 unspecified atom stereocenters. The molecule has 156 valence electrons. The van der Waals surface area contributed by atoms with Crippen molar-refractivity contribution in [2.24, 2.45) is 10.7 Å². The SMILES string of the molecule is COc1ccc(C2(CN=C(N)NC(C)c3ccc(Cl)cc3Cl)CCOCC2)cc1. The highest BCUT2D eigenvalue weighted by atomic mass is 35.5. The molecule has 0 radical (unpaired) electrons. The van der Waals surface area contributed by atoms with Crippen LogP contribution < -0.4 is 15.8 Å². The molecule has 7 heteroatoms. The van der Waals surface area contributed by atoms with E-state index in [0.717, 1.165) is 24.2 Å². The van der Waals surface area contributed by atoms with Gasteiger partial charge < -0.3 is 20.5 Å². The van der Waals surface area contributed by atoms with E-state index >= 15 is 0 Å². The lowest BCUT2D eigenvalue weighted by atomic mass is 9.74. The summed E-state index contributed by atoms with van der Waals surface area (Å²) in [6, 6.07) is 13.5. The molecule has 1 heterocycles. The number of rotatable bonds is 6. The predicted octanol–water partition coefficient (Wildman–Crippen LogP) is 4.72. The van der Waals surface area contributed by atoms with Crippen molar-refractivity contribution in [1.29, 1.82) is 0 Å². The highest BCUT2D eigenvalue weighted by Gasteiger charge is 2.34. The number of guanidine groups is 1. The van der Waals surface area contributed by atoms with E-state index in [1.54, 1.807) is 13.2 Å². The molecule has 5 nitrogen and oxygen atoms in total. The first-order valence-electron chi connectivity index (χ1n) is 9.67. The second kappa shape index (κ2) is 9.70. The van der Waals surface area contributed by atoms with Gasteiger partial charge in [0.2, 0.25) is 0 Å². The molecule has 1 aliphatic rings. The molecule has 0 saturated carbocycles. The fraction of sp³-hybridized carbons (Fsp3) is 0.409. The summed E-state index contributed by atoms with van der Waals surface area (Å²) in [5.74, 6) is 1.23. The minimum absolute atomic E-state index is 0.0878. The average molecular weight is 436 g/mol. The van der Waals surface area contributed by atoms with Gasteiger partial charge in [-0.3, -0.25) is 4.99 Å². The summed E-state index contributed by atoms with van der Waals surface area (Å²) >= 11 is 12.3. The lowest BCUT2D eigenvalue weighted by Gasteiger charge is -2.36. The standard InChI is InChI=1S/C22H27Cl2N3O2/c1-15(19-8-5-17(23)13-20(19)24)27-21(25)26-14-22(9-11-29-12-10-22)16-3-6-18(28-2)7-4-16/h3-8,13,15H,9-12,14H2,1-2H3,(H3,25,26,27). The molecule has 1 fully saturated rings. The summed E-state index contributed by atoms with van der Waals surface area (Å²) in [5, 5.41) is 4.44. The van der Waals surface area contributed by atoms with E-state index in [2.05, 4.69) is 22.4 Å². The summed E-state index contributed by atoms with van der Waals surface area (Å²) < 4.78 is 10.9. The van der Waals surface area contributed by atoms with Crippen LogP contribution in [0.15, 0.2) is 47.5 Å². The number of methoxy groups -OCH3 is 1. The lowest BCUT2D eigenvalue weighted by molar-refractivity contribution is 0.0531. The Morgan fingerprint density at radius 1 is 1.21 bits per heavy atom. The molecule has 0 bridgehead atoms. The van der Waals surface area contributed by atoms with E-state index in [-0.39, 0.29) is 11.5 Å². The van der Waals surface area contributed by atoms with E-state index in [1.807, 2.05) is 31.2 Å². The van der Waals surface area contributed by atoms with Gasteiger partial charge in [-0.2, -0.15) is 0 Å². The van der Waals surface area contributed by atoms with Crippen molar-refractivity contribution in [3.63, 3.8) is 0 Å². The summed E-state index contributed by atoms with van der Waals surface area (Å²) in [5.41, 5.74) is 8.26. The minimum Gasteiger partial charge on any atom is -0.497 e. The number of halogens is 2. The molecule has 0 aliphatic carbocycles. The summed E-state index contributed by atoms with van der Waals surface area (Å²) in [7, 11) is 1.67. The number of nitrogens with two attached hydrogens (primary N) is 1. The van der Waals surface area contributed by atoms with E-state index < -0.39 is 0 Å². The van der Waals surface area contributed by atoms with Crippen molar-refractivity contribution in [3.8, 4) is 5.75 Å². The zero-order valence-electron chi connectivity index (χ0n) is 16.8. The van der Waals surface area contributed by atoms with Gasteiger partial charge in [0, 0.05) is 28.7 Å². The van der Waals surface area contributed by atoms with Crippen molar-refractivity contribution in [2.75, 3.05) is 26.9 Å². The summed E-state index contributed by atoms with van der Waals surface area (Å²) in [6.07, 6.45) is 1.79. The molecular formula is C22H27Cl2N3O2. The van der Waals surface area contributed by atoms with Crippen molar-refractivity contribution in [3.05, 3.63) is 63.6 Å². The first-order chi connectivity index (χ1) is 13.9. The van der Waals surface area contributed by atoms with E-state index in [9.17, 15) is 0 Å². The van der Waals surface area contributed by atoms with Gasteiger partial charge in [-0.25, -0.2) is 0 Å². The molecule has 2 aromatic rings. The van der Waals surface area contributed by atoms with Gasteiger partial charge >= 0.3 is 0 Å². The van der Waals surface area contributed by atoms with Crippen molar-refractivity contribution in [1.82, 2.24) is 5.32 Å². The first kappa shape index (κ1) is 21.8. The third-order valence-corrected chi connectivity index (χ3v) is 6.06. The lowest BCUT2D eigenvalue weighted by Crippen LogP contribution is -2.39. The van der Waals surface area contributed by atoms with Crippen LogP contribution in [0.2, 0.25) is 10.0 Å². The second-order valence-corrected chi connectivity index (χ2v) is 8.20. The zero-order valence-corrected chi connectivity index (χ0v) is 18.3. The topological polar surface area (TPSA) is 68.9 Å². The van der Waals surface area contributed by atoms with Gasteiger partial charge in [0.25, 0.3) is 0 Å². The van der Waals surface area contributed by atoms with E-state index in [1.165, 1.54) is 5.56 Å². The average Bonchev–Trinajstić information content (AvgIpc) is 2.73. The summed E-state index contributed by atoms with van der Waals surface area (Å²) in [4.78, 5) is 4.68. The van der Waals surface area contributed by atoms with Crippen molar-refractivity contribution < 1.29 is 9.47 Å². The quantitative estimate of drug-likeness (QED) is 0.508. The van der Waals surface area contributed by atoms with Gasteiger partial charge in [0.15, 0.2) is 5.96 Å². The molecular weight excluding hydrogens is 409 g/mol. The highest BCUT2D eigenvalue weighted by molar-refractivity contribution is 6.35. The third kappa shape index (κ3) is 5.35. The second-order valence-electron chi connectivity index (χ2n) is 7.35. The number of nitrogens with zero attached hydrogens (tertiary/aromatic N) is 1. The van der Waals surface area contributed by atoms with E-state index in [4.69, 9.17) is 38.4 Å². The Balaban J connectivity index is 1.74. The molecule has 3 rings (SSSR count). The van der Waals surface area contributed by atoms with Gasteiger partial charge in [-0.05, 0) is 55.2 Å². The van der Waals surface area contributed by atoms with Crippen LogP contribution in [-0.4, -0.2) is 32.8 Å². The fourth-order valence-corrected chi connectivity index (χ4v) is 4.25. The smallest absolute Gasteiger partial charge is 0.189 e. The van der Waals surface area contributed by atoms with E-state index in [0.29, 0.717) is 35.8 Å². The maximum absolute atomic E-state index is 6.30. The maximum atomic E-state index is 6.30. The van der Waals surface area contributed by atoms with Crippen LogP contribution in [0.5, 0.6) is 5.75 Å². The molecule has 1 aliphatic heterocycles. The van der Waals surface area contributed by atoms with Gasteiger partial charge in [0.05, 0.1) is 19.7 Å².